The second-order valence-corrected chi connectivity index (χ2v) is 10.9. The number of aliphatic hydroxyl groups excluding tert-OH is 2. The van der Waals surface area contributed by atoms with Crippen LogP contribution < -0.4 is 34.9 Å². The molecule has 0 aliphatic carbocycles. The van der Waals surface area contributed by atoms with Crippen LogP contribution in [0.3, 0.4) is 0 Å². The molecule has 0 bridgehead atoms. The Morgan fingerprint density at radius 2 is 1.41 bits per heavy atom. The number of amides is 1. The number of aliphatic hydroxyl groups is 2. The molecular weight excluding hydrogens is 577 g/mol. The summed E-state index contributed by atoms with van der Waals surface area (Å²) in [6.45, 7) is 4.05. The predicted octanol–water partition coefficient (Wildman–Crippen LogP) is 3.25. The van der Waals surface area contributed by atoms with Crippen LogP contribution in [0.15, 0.2) is 78.9 Å². The number of carboxylic acids is 1. The average Bonchev–Trinajstić information content (AvgIpc) is 3.31. The van der Waals surface area contributed by atoms with E-state index in [0.29, 0.717) is 22.4 Å². The molecule has 1 aromatic heterocycles. The molecule has 228 valence electrons. The van der Waals surface area contributed by atoms with Gasteiger partial charge < -0.3 is 26.6 Å². The van der Waals surface area contributed by atoms with E-state index in [-0.39, 0.29) is 74.6 Å². The fourth-order valence-corrected chi connectivity index (χ4v) is 5.38. The molecule has 0 aliphatic heterocycles. The van der Waals surface area contributed by atoms with Crippen LogP contribution >= 0.6 is 0 Å². The van der Waals surface area contributed by atoms with Crippen molar-refractivity contribution in [3.8, 4) is 22.3 Å². The summed E-state index contributed by atoms with van der Waals surface area (Å²) >= 11 is 0. The van der Waals surface area contributed by atoms with Gasteiger partial charge in [0.15, 0.2) is 0 Å². The number of halogens is 2. The second kappa shape index (κ2) is 16.1. The van der Waals surface area contributed by atoms with E-state index in [1.54, 1.807) is 24.3 Å². The molecule has 0 fully saturated rings. The van der Waals surface area contributed by atoms with Gasteiger partial charge >= 0.3 is 35.5 Å². The van der Waals surface area contributed by atoms with Crippen molar-refractivity contribution in [3.63, 3.8) is 0 Å². The van der Waals surface area contributed by atoms with Crippen molar-refractivity contribution in [2.75, 3.05) is 0 Å². The number of benzene rings is 3. The number of hydrogen-bond acceptors (Lipinski definition) is 4. The number of carboxylic acid groups (broad SMARTS) is 1. The van der Waals surface area contributed by atoms with E-state index < -0.39 is 30.4 Å². The first-order chi connectivity index (χ1) is 20.5. The zero-order valence-corrected chi connectivity index (χ0v) is 27.1. The molecule has 10 heteroatoms. The number of aromatic nitrogens is 1. The van der Waals surface area contributed by atoms with Crippen LogP contribution in [-0.4, -0.2) is 44.0 Å². The van der Waals surface area contributed by atoms with E-state index in [9.17, 15) is 28.6 Å². The molecule has 2 atom stereocenters. The minimum absolute atomic E-state index is 0. The summed E-state index contributed by atoms with van der Waals surface area (Å²) in [7, 11) is 0. The van der Waals surface area contributed by atoms with Gasteiger partial charge in [-0.15, -0.1) is 0 Å². The van der Waals surface area contributed by atoms with Crippen molar-refractivity contribution in [1.82, 2.24) is 9.88 Å². The summed E-state index contributed by atoms with van der Waals surface area (Å²) in [5.74, 6) is -2.30. The number of aliphatic carboxylic acids is 1. The summed E-state index contributed by atoms with van der Waals surface area (Å²) in [6, 6.07) is 21.1. The molecule has 0 radical (unpaired) electrons. The molecule has 0 saturated heterocycles. The number of carbonyl (C=O) groups excluding carboxylic acids is 1. The van der Waals surface area contributed by atoms with Crippen molar-refractivity contribution in [1.29, 1.82) is 0 Å². The quantitative estimate of drug-likeness (QED) is 0.173. The Labute approximate surface area is 279 Å². The van der Waals surface area contributed by atoms with E-state index in [4.69, 9.17) is 5.11 Å². The Morgan fingerprint density at radius 1 is 0.841 bits per heavy atom. The minimum Gasteiger partial charge on any atom is -1.00 e. The topological polar surface area (TPSA) is 112 Å². The van der Waals surface area contributed by atoms with Crippen molar-refractivity contribution in [2.45, 2.75) is 64.3 Å². The Hall–Kier alpha value is -3.34. The maximum Gasteiger partial charge on any atom is 1.00 e. The number of carbonyl (C=O) groups is 2. The predicted molar refractivity (Wildman–Crippen MR) is 162 cm³/mol. The Morgan fingerprint density at radius 3 is 1.98 bits per heavy atom. The van der Waals surface area contributed by atoms with Crippen LogP contribution in [-0.2, 0) is 17.8 Å². The number of hydrogen-bond donors (Lipinski definition) is 4. The molecule has 0 spiro atoms. The third-order valence-corrected chi connectivity index (χ3v) is 7.27. The normalized spacial score (nSPS) is 12.4. The second-order valence-electron chi connectivity index (χ2n) is 10.9. The Bertz CT molecular complexity index is 1550. The third kappa shape index (κ3) is 8.86. The summed E-state index contributed by atoms with van der Waals surface area (Å²) in [5, 5.41) is 32.8. The van der Waals surface area contributed by atoms with Crippen LogP contribution in [0.5, 0.6) is 0 Å². The van der Waals surface area contributed by atoms with E-state index in [1.807, 2.05) is 48.7 Å². The fourth-order valence-electron chi connectivity index (χ4n) is 5.38. The van der Waals surface area contributed by atoms with Gasteiger partial charge in [0.05, 0.1) is 18.6 Å². The molecular formula is C34H37F2N2NaO5. The minimum atomic E-state index is -1.20. The maximum absolute atomic E-state index is 14.0. The number of nitrogens with zero attached hydrogens (tertiary/aromatic N) is 1. The molecule has 4 N–H and O–H groups in total. The van der Waals surface area contributed by atoms with Gasteiger partial charge in [0.25, 0.3) is 5.91 Å². The van der Waals surface area contributed by atoms with Crippen molar-refractivity contribution in [2.24, 2.45) is 0 Å². The van der Waals surface area contributed by atoms with Gasteiger partial charge in [0.1, 0.15) is 17.3 Å². The van der Waals surface area contributed by atoms with E-state index >= 15 is 0 Å². The summed E-state index contributed by atoms with van der Waals surface area (Å²) in [6.07, 6.45) is -2.31. The van der Waals surface area contributed by atoms with Gasteiger partial charge in [-0.05, 0) is 74.1 Å². The molecule has 1 amide bonds. The van der Waals surface area contributed by atoms with Gasteiger partial charge in [0, 0.05) is 29.4 Å². The zero-order valence-electron chi connectivity index (χ0n) is 26.1. The molecule has 3 aromatic carbocycles. The number of rotatable bonds is 13. The molecule has 44 heavy (non-hydrogen) atoms. The molecule has 0 unspecified atom stereocenters. The molecule has 7 nitrogen and oxygen atoms in total. The molecule has 4 aromatic rings. The van der Waals surface area contributed by atoms with Gasteiger partial charge in [0.2, 0.25) is 0 Å². The molecule has 4 rings (SSSR count). The largest absolute Gasteiger partial charge is 1.00 e. The first-order valence-corrected chi connectivity index (χ1v) is 14.2. The van der Waals surface area contributed by atoms with Crippen LogP contribution in [0.25, 0.3) is 22.3 Å². The zero-order chi connectivity index (χ0) is 31.1. The summed E-state index contributed by atoms with van der Waals surface area (Å²) in [4.78, 5) is 25.0. The Balaban J connectivity index is 0.00000353. The monoisotopic (exact) mass is 614 g/mol. The number of nitrogens with one attached hydrogen (secondary N) is 1. The maximum atomic E-state index is 14.0. The molecule has 1 heterocycles. The molecule has 0 aliphatic rings. The average molecular weight is 615 g/mol. The van der Waals surface area contributed by atoms with Crippen LogP contribution in [0.4, 0.5) is 8.78 Å². The van der Waals surface area contributed by atoms with Gasteiger partial charge in [-0.3, -0.25) is 9.59 Å². The summed E-state index contributed by atoms with van der Waals surface area (Å²) in [5.41, 5.74) is 4.66. The Kier molecular flexibility index (Phi) is 12.9. The standard InChI is InChI=1S/C34H36F2N2O5.Na.H/c1-21(2)38-29(17-16-27(39)18-28(40)19-30(41)42)31(24-10-14-26(36)15-11-24)32(23-6-4-3-5-7-23)33(38)34(43)37-20-22-8-12-25(35)13-9-22;;/h3-15,21,27-28,39-40H,16-20H2,1-2H3,(H,37,43)(H,41,42);;/q;+1;-1/t27-,28-;;/m1../s1. The fraction of sp³-hybridized carbons (Fsp3) is 0.294. The molecule has 0 saturated carbocycles. The van der Waals surface area contributed by atoms with Crippen LogP contribution in [0, 0.1) is 11.6 Å². The van der Waals surface area contributed by atoms with E-state index in [1.165, 1.54) is 24.3 Å². The van der Waals surface area contributed by atoms with E-state index in [2.05, 4.69) is 5.32 Å². The van der Waals surface area contributed by atoms with E-state index in [0.717, 1.165) is 16.8 Å². The van der Waals surface area contributed by atoms with Gasteiger partial charge in [-0.1, -0.05) is 54.6 Å². The van der Waals surface area contributed by atoms with Crippen LogP contribution in [0.1, 0.15) is 62.3 Å². The first-order valence-electron chi connectivity index (χ1n) is 14.2. The van der Waals surface area contributed by atoms with Gasteiger partial charge in [-0.25, -0.2) is 8.78 Å². The third-order valence-electron chi connectivity index (χ3n) is 7.27. The SMILES string of the molecule is CC(C)n1c(CC[C@@H](O)C[C@@H](O)CC(=O)O)c(-c2ccc(F)cc2)c(-c2ccccc2)c1C(=O)NCc1ccc(F)cc1.[H-].[Na+]. The van der Waals surface area contributed by atoms with Gasteiger partial charge in [-0.2, -0.15) is 0 Å². The van der Waals surface area contributed by atoms with Crippen LogP contribution in [0.2, 0.25) is 0 Å². The first kappa shape index (κ1) is 35.1. The smallest absolute Gasteiger partial charge is 1.00 e. The summed E-state index contributed by atoms with van der Waals surface area (Å²) < 4.78 is 29.4. The van der Waals surface area contributed by atoms with Crippen molar-refractivity contribution >= 4 is 11.9 Å². The van der Waals surface area contributed by atoms with Crippen molar-refractivity contribution < 1.29 is 64.7 Å². The van der Waals surface area contributed by atoms with Crippen molar-refractivity contribution in [3.05, 3.63) is 107 Å².